The molecule has 0 fully saturated rings. The topological polar surface area (TPSA) is 76.9 Å². The number of aryl methyl sites for hydroxylation is 2. The maximum absolute atomic E-state index is 12.2. The Balaban J connectivity index is 1.99. The van der Waals surface area contributed by atoms with Crippen LogP contribution in [-0.2, 0) is 23.0 Å². The van der Waals surface area contributed by atoms with Crippen LogP contribution in [-0.4, -0.2) is 35.0 Å². The van der Waals surface area contributed by atoms with Crippen molar-refractivity contribution >= 4 is 10.0 Å². The van der Waals surface area contributed by atoms with Crippen LogP contribution in [0.3, 0.4) is 0 Å². The van der Waals surface area contributed by atoms with E-state index in [2.05, 4.69) is 14.9 Å². The molecule has 0 aromatic carbocycles. The first-order valence-corrected chi connectivity index (χ1v) is 8.99. The third-order valence-electron chi connectivity index (χ3n) is 4.09. The largest absolute Gasteiger partial charge is 0.314 e. The second-order valence-electron chi connectivity index (χ2n) is 5.59. The summed E-state index contributed by atoms with van der Waals surface area (Å²) < 4.78 is 29.3. The molecule has 2 heterocycles. The van der Waals surface area contributed by atoms with Gasteiger partial charge in [0.25, 0.3) is 0 Å². The number of hydrogen-bond acceptors (Lipinski definition) is 4. The molecule has 0 saturated heterocycles. The van der Waals surface area contributed by atoms with Crippen LogP contribution in [0.4, 0.5) is 0 Å². The standard InChI is InChI=1S/C13H24N4O2S/c1-4-11(5-2)9-20(18,19)16-12-6-7-13-15-14-10(3)17(13)8-12/h11-12,16H,4-9H2,1-3H3/t12-/m0/s1. The molecule has 0 unspecified atom stereocenters. The van der Waals surface area contributed by atoms with Gasteiger partial charge in [0.15, 0.2) is 0 Å². The van der Waals surface area contributed by atoms with E-state index in [1.54, 1.807) is 0 Å². The molecule has 0 spiro atoms. The molecule has 1 aliphatic heterocycles. The molecule has 114 valence electrons. The number of nitrogens with one attached hydrogen (secondary N) is 1. The van der Waals surface area contributed by atoms with Gasteiger partial charge in [0, 0.05) is 19.0 Å². The predicted molar refractivity (Wildman–Crippen MR) is 77.9 cm³/mol. The number of nitrogens with zero attached hydrogens (tertiary/aromatic N) is 3. The number of fused-ring (bicyclic) bond motifs is 1. The quantitative estimate of drug-likeness (QED) is 0.858. The Morgan fingerprint density at radius 1 is 1.35 bits per heavy atom. The summed E-state index contributed by atoms with van der Waals surface area (Å²) in [4.78, 5) is 0. The minimum absolute atomic E-state index is 0.0448. The lowest BCUT2D eigenvalue weighted by Gasteiger charge is -2.25. The van der Waals surface area contributed by atoms with Gasteiger partial charge in [-0.15, -0.1) is 10.2 Å². The zero-order valence-corrected chi connectivity index (χ0v) is 13.3. The van der Waals surface area contributed by atoms with Crippen LogP contribution >= 0.6 is 0 Å². The van der Waals surface area contributed by atoms with Crippen LogP contribution in [0.2, 0.25) is 0 Å². The van der Waals surface area contributed by atoms with E-state index in [0.717, 1.165) is 37.3 Å². The minimum Gasteiger partial charge on any atom is -0.314 e. The second kappa shape index (κ2) is 6.22. The van der Waals surface area contributed by atoms with Crippen LogP contribution < -0.4 is 4.72 Å². The Hall–Kier alpha value is -0.950. The van der Waals surface area contributed by atoms with E-state index >= 15 is 0 Å². The molecular formula is C13H24N4O2S. The number of hydrogen-bond donors (Lipinski definition) is 1. The summed E-state index contributed by atoms with van der Waals surface area (Å²) in [5, 5.41) is 8.14. The van der Waals surface area contributed by atoms with Crippen LogP contribution in [0.1, 0.15) is 44.8 Å². The van der Waals surface area contributed by atoms with Gasteiger partial charge < -0.3 is 4.57 Å². The lowest BCUT2D eigenvalue weighted by molar-refractivity contribution is 0.413. The highest BCUT2D eigenvalue weighted by molar-refractivity contribution is 7.89. The van der Waals surface area contributed by atoms with Crippen molar-refractivity contribution < 1.29 is 8.42 Å². The Morgan fingerprint density at radius 3 is 2.70 bits per heavy atom. The van der Waals surface area contributed by atoms with Gasteiger partial charge in [0.05, 0.1) is 5.75 Å². The van der Waals surface area contributed by atoms with Gasteiger partial charge in [0.2, 0.25) is 10.0 Å². The van der Waals surface area contributed by atoms with E-state index in [-0.39, 0.29) is 17.7 Å². The van der Waals surface area contributed by atoms with Crippen molar-refractivity contribution in [2.24, 2.45) is 5.92 Å². The smallest absolute Gasteiger partial charge is 0.212 e. The van der Waals surface area contributed by atoms with Gasteiger partial charge in [-0.05, 0) is 19.3 Å². The Morgan fingerprint density at radius 2 is 2.05 bits per heavy atom. The fraction of sp³-hybridized carbons (Fsp3) is 0.846. The van der Waals surface area contributed by atoms with Crippen LogP contribution in [0, 0.1) is 12.8 Å². The van der Waals surface area contributed by atoms with Gasteiger partial charge in [-0.2, -0.15) is 0 Å². The molecule has 1 N–H and O–H groups in total. The SMILES string of the molecule is CCC(CC)CS(=O)(=O)N[C@H]1CCc2nnc(C)n2C1. The molecule has 1 atom stereocenters. The first kappa shape index (κ1) is 15.4. The average molecular weight is 300 g/mol. The molecule has 2 rings (SSSR count). The maximum Gasteiger partial charge on any atom is 0.212 e. The molecular weight excluding hydrogens is 276 g/mol. The van der Waals surface area contributed by atoms with E-state index in [9.17, 15) is 8.42 Å². The molecule has 1 aliphatic rings. The van der Waals surface area contributed by atoms with Crippen LogP contribution in [0.5, 0.6) is 0 Å². The van der Waals surface area contributed by atoms with Crippen molar-refractivity contribution in [3.63, 3.8) is 0 Å². The van der Waals surface area contributed by atoms with E-state index in [1.807, 2.05) is 25.3 Å². The summed E-state index contributed by atoms with van der Waals surface area (Å²) in [6.07, 6.45) is 3.37. The highest BCUT2D eigenvalue weighted by Gasteiger charge is 2.26. The van der Waals surface area contributed by atoms with Crippen molar-refractivity contribution in [1.29, 1.82) is 0 Å². The molecule has 6 nitrogen and oxygen atoms in total. The van der Waals surface area contributed by atoms with Crippen LogP contribution in [0.25, 0.3) is 0 Å². The lowest BCUT2D eigenvalue weighted by atomic mass is 10.1. The summed E-state index contributed by atoms with van der Waals surface area (Å²) in [6, 6.07) is -0.0448. The van der Waals surface area contributed by atoms with Crippen molar-refractivity contribution in [2.75, 3.05) is 5.75 Å². The average Bonchev–Trinajstić information content (AvgIpc) is 2.77. The monoisotopic (exact) mass is 300 g/mol. The Labute approximate surface area is 121 Å². The lowest BCUT2D eigenvalue weighted by Crippen LogP contribution is -2.43. The van der Waals surface area contributed by atoms with Crippen molar-refractivity contribution in [2.45, 2.75) is 59.0 Å². The molecule has 0 radical (unpaired) electrons. The maximum atomic E-state index is 12.2. The molecule has 0 amide bonds. The first-order chi connectivity index (χ1) is 9.45. The van der Waals surface area contributed by atoms with Crippen molar-refractivity contribution in [3.05, 3.63) is 11.6 Å². The van der Waals surface area contributed by atoms with E-state index in [4.69, 9.17) is 0 Å². The predicted octanol–water partition coefficient (Wildman–Crippen LogP) is 1.26. The van der Waals surface area contributed by atoms with Gasteiger partial charge >= 0.3 is 0 Å². The van der Waals surface area contributed by atoms with E-state index in [1.165, 1.54) is 0 Å². The summed E-state index contributed by atoms with van der Waals surface area (Å²) >= 11 is 0. The number of rotatable bonds is 6. The van der Waals surface area contributed by atoms with Gasteiger partial charge in [0.1, 0.15) is 11.6 Å². The molecule has 1 aromatic heterocycles. The summed E-state index contributed by atoms with van der Waals surface area (Å²) in [7, 11) is -3.21. The van der Waals surface area contributed by atoms with Gasteiger partial charge in [-0.1, -0.05) is 26.7 Å². The minimum atomic E-state index is -3.21. The molecule has 0 bridgehead atoms. The normalized spacial score (nSPS) is 19.3. The highest BCUT2D eigenvalue weighted by atomic mass is 32.2. The fourth-order valence-electron chi connectivity index (χ4n) is 2.70. The van der Waals surface area contributed by atoms with Crippen molar-refractivity contribution in [1.82, 2.24) is 19.5 Å². The fourth-order valence-corrected chi connectivity index (χ4v) is 4.58. The zero-order chi connectivity index (χ0) is 14.8. The number of sulfonamides is 1. The summed E-state index contributed by atoms with van der Waals surface area (Å²) in [5.74, 6) is 2.27. The van der Waals surface area contributed by atoms with Crippen molar-refractivity contribution in [3.8, 4) is 0 Å². The third-order valence-corrected chi connectivity index (χ3v) is 5.69. The van der Waals surface area contributed by atoms with E-state index < -0.39 is 10.0 Å². The molecule has 0 aliphatic carbocycles. The third kappa shape index (κ3) is 3.58. The number of aromatic nitrogens is 3. The van der Waals surface area contributed by atoms with Crippen LogP contribution in [0.15, 0.2) is 0 Å². The molecule has 0 saturated carbocycles. The second-order valence-corrected chi connectivity index (χ2v) is 7.39. The molecule has 20 heavy (non-hydrogen) atoms. The Bertz CT molecular complexity index is 549. The highest BCUT2D eigenvalue weighted by Crippen LogP contribution is 2.16. The van der Waals surface area contributed by atoms with Gasteiger partial charge in [-0.25, -0.2) is 13.1 Å². The summed E-state index contributed by atoms with van der Waals surface area (Å²) in [6.45, 7) is 6.61. The zero-order valence-electron chi connectivity index (χ0n) is 12.5. The first-order valence-electron chi connectivity index (χ1n) is 7.33. The Kier molecular flexibility index (Phi) is 4.80. The summed E-state index contributed by atoms with van der Waals surface area (Å²) in [5.41, 5.74) is 0. The van der Waals surface area contributed by atoms with Gasteiger partial charge in [-0.3, -0.25) is 0 Å². The molecule has 1 aromatic rings. The molecule has 7 heteroatoms. The van der Waals surface area contributed by atoms with E-state index in [0.29, 0.717) is 6.54 Å².